The Bertz CT molecular complexity index is 289. The highest BCUT2D eigenvalue weighted by Crippen LogP contribution is 2.16. The Hall–Kier alpha value is -0.740. The highest BCUT2D eigenvalue weighted by Gasteiger charge is 2.19. The molecule has 4 nitrogen and oxygen atoms in total. The second kappa shape index (κ2) is 3.55. The van der Waals surface area contributed by atoms with Crippen LogP contribution in [0.15, 0.2) is 6.07 Å². The number of hydrogen-bond donors (Lipinski definition) is 1. The van der Waals surface area contributed by atoms with E-state index in [1.54, 1.807) is 0 Å². The van der Waals surface area contributed by atoms with Gasteiger partial charge < -0.3 is 9.64 Å². The molecule has 5 heteroatoms. The predicted molar refractivity (Wildman–Crippen MR) is 51.1 cm³/mol. The molecule has 1 N–H and O–H groups in total. The molecule has 2 rings (SSSR count). The van der Waals surface area contributed by atoms with E-state index >= 15 is 0 Å². The summed E-state index contributed by atoms with van der Waals surface area (Å²) in [5.74, 6) is 0.950. The Labute approximate surface area is 81.8 Å². The van der Waals surface area contributed by atoms with Crippen molar-refractivity contribution in [3.05, 3.63) is 11.8 Å². The molecule has 72 valence electrons. The molecule has 2 heterocycles. The van der Waals surface area contributed by atoms with Crippen molar-refractivity contribution in [3.63, 3.8) is 0 Å². The van der Waals surface area contributed by atoms with E-state index in [4.69, 9.17) is 16.3 Å². The summed E-state index contributed by atoms with van der Waals surface area (Å²) in [7, 11) is 0. The third kappa shape index (κ3) is 1.95. The van der Waals surface area contributed by atoms with E-state index in [1.807, 2.05) is 13.0 Å². The van der Waals surface area contributed by atoms with Crippen LogP contribution in [0, 0.1) is 6.92 Å². The van der Waals surface area contributed by atoms with Gasteiger partial charge in [0.15, 0.2) is 5.82 Å². The van der Waals surface area contributed by atoms with Gasteiger partial charge >= 0.3 is 0 Å². The van der Waals surface area contributed by atoms with Crippen LogP contribution in [0.2, 0.25) is 0 Å². The first-order valence-electron chi connectivity index (χ1n) is 4.28. The van der Waals surface area contributed by atoms with Crippen molar-refractivity contribution in [1.82, 2.24) is 10.2 Å². The minimum absolute atomic E-state index is 0.217. The molecular formula is C8H12ClN3O. The summed E-state index contributed by atoms with van der Waals surface area (Å²) in [6.45, 7) is 4.20. The largest absolute Gasteiger partial charge is 0.359 e. The van der Waals surface area contributed by atoms with Crippen LogP contribution >= 0.6 is 11.6 Å². The summed E-state index contributed by atoms with van der Waals surface area (Å²) in [5.41, 5.74) is 0.846. The SMILES string of the molecule is Cc1cc(N2CCOC(Cl)C2)n[nH]1. The van der Waals surface area contributed by atoms with Crippen molar-refractivity contribution in [2.75, 3.05) is 24.6 Å². The summed E-state index contributed by atoms with van der Waals surface area (Å²) in [5, 5.41) is 7.07. The van der Waals surface area contributed by atoms with Crippen LogP contribution in [0.5, 0.6) is 0 Å². The molecule has 1 unspecified atom stereocenters. The zero-order chi connectivity index (χ0) is 9.26. The molecule has 0 spiro atoms. The third-order valence-corrected chi connectivity index (χ3v) is 2.30. The number of aryl methyl sites for hydroxylation is 1. The van der Waals surface area contributed by atoms with Gasteiger partial charge in [-0.25, -0.2) is 0 Å². The van der Waals surface area contributed by atoms with E-state index in [0.29, 0.717) is 13.2 Å². The Morgan fingerprint density at radius 1 is 1.77 bits per heavy atom. The molecule has 0 bridgehead atoms. The third-order valence-electron chi connectivity index (χ3n) is 2.04. The van der Waals surface area contributed by atoms with E-state index in [2.05, 4.69) is 15.1 Å². The predicted octanol–water partition coefficient (Wildman–Crippen LogP) is 1.12. The Kier molecular flexibility index (Phi) is 2.42. The maximum Gasteiger partial charge on any atom is 0.150 e. The quantitative estimate of drug-likeness (QED) is 0.693. The number of hydrogen-bond acceptors (Lipinski definition) is 3. The lowest BCUT2D eigenvalue weighted by molar-refractivity contribution is 0.0931. The minimum atomic E-state index is -0.217. The molecule has 1 aliphatic heterocycles. The van der Waals surface area contributed by atoms with Crippen LogP contribution in [-0.4, -0.2) is 35.5 Å². The van der Waals surface area contributed by atoms with Crippen LogP contribution in [-0.2, 0) is 4.74 Å². The number of alkyl halides is 1. The first-order chi connectivity index (χ1) is 6.25. The van der Waals surface area contributed by atoms with Crippen LogP contribution < -0.4 is 4.90 Å². The number of aromatic nitrogens is 2. The van der Waals surface area contributed by atoms with E-state index in [-0.39, 0.29) is 5.56 Å². The van der Waals surface area contributed by atoms with E-state index in [1.165, 1.54) is 0 Å². The van der Waals surface area contributed by atoms with Gasteiger partial charge in [0.25, 0.3) is 0 Å². The van der Waals surface area contributed by atoms with Crippen LogP contribution in [0.4, 0.5) is 5.82 Å². The lowest BCUT2D eigenvalue weighted by atomic mass is 10.4. The van der Waals surface area contributed by atoms with Gasteiger partial charge in [-0.05, 0) is 6.92 Å². The van der Waals surface area contributed by atoms with Crippen LogP contribution in [0.3, 0.4) is 0 Å². The molecular weight excluding hydrogens is 190 g/mol. The molecule has 1 aromatic heterocycles. The maximum absolute atomic E-state index is 5.87. The van der Waals surface area contributed by atoms with E-state index in [9.17, 15) is 0 Å². The zero-order valence-corrected chi connectivity index (χ0v) is 8.21. The van der Waals surface area contributed by atoms with Crippen molar-refractivity contribution < 1.29 is 4.74 Å². The number of H-pyrrole nitrogens is 1. The smallest absolute Gasteiger partial charge is 0.150 e. The highest BCUT2D eigenvalue weighted by molar-refractivity contribution is 6.20. The molecule has 0 aromatic carbocycles. The number of anilines is 1. The average Bonchev–Trinajstić information content (AvgIpc) is 2.52. The first kappa shape index (κ1) is 8.84. The van der Waals surface area contributed by atoms with Gasteiger partial charge in [-0.3, -0.25) is 5.10 Å². The number of ether oxygens (including phenoxy) is 1. The van der Waals surface area contributed by atoms with Crippen molar-refractivity contribution in [3.8, 4) is 0 Å². The van der Waals surface area contributed by atoms with Gasteiger partial charge in [0.1, 0.15) is 5.56 Å². The van der Waals surface area contributed by atoms with Crippen molar-refractivity contribution in [1.29, 1.82) is 0 Å². The lowest BCUT2D eigenvalue weighted by Gasteiger charge is -2.29. The highest BCUT2D eigenvalue weighted by atomic mass is 35.5. The van der Waals surface area contributed by atoms with Gasteiger partial charge in [-0.15, -0.1) is 0 Å². The van der Waals surface area contributed by atoms with E-state index < -0.39 is 0 Å². The number of nitrogens with one attached hydrogen (secondary N) is 1. The maximum atomic E-state index is 5.87. The molecule has 13 heavy (non-hydrogen) atoms. The fourth-order valence-electron chi connectivity index (χ4n) is 1.38. The summed E-state index contributed by atoms with van der Waals surface area (Å²) >= 11 is 5.87. The Morgan fingerprint density at radius 3 is 3.23 bits per heavy atom. The van der Waals surface area contributed by atoms with E-state index in [0.717, 1.165) is 18.1 Å². The van der Waals surface area contributed by atoms with Crippen molar-refractivity contribution in [2.24, 2.45) is 0 Å². The summed E-state index contributed by atoms with van der Waals surface area (Å²) in [6, 6.07) is 2.01. The van der Waals surface area contributed by atoms with Gasteiger partial charge in [-0.2, -0.15) is 5.10 Å². The number of aromatic amines is 1. The Balaban J connectivity index is 2.08. The molecule has 1 fully saturated rings. The molecule has 1 aliphatic rings. The monoisotopic (exact) mass is 201 g/mol. The molecule has 0 aliphatic carbocycles. The number of morpholine rings is 1. The first-order valence-corrected chi connectivity index (χ1v) is 4.72. The van der Waals surface area contributed by atoms with Crippen LogP contribution in [0.1, 0.15) is 5.69 Å². The van der Waals surface area contributed by atoms with Crippen LogP contribution in [0.25, 0.3) is 0 Å². The van der Waals surface area contributed by atoms with Gasteiger partial charge in [0.05, 0.1) is 13.2 Å². The zero-order valence-electron chi connectivity index (χ0n) is 7.46. The second-order valence-corrected chi connectivity index (χ2v) is 3.62. The number of nitrogens with zero attached hydrogens (tertiary/aromatic N) is 2. The number of rotatable bonds is 1. The molecule has 0 amide bonds. The summed E-state index contributed by atoms with van der Waals surface area (Å²) < 4.78 is 5.22. The standard InChI is InChI=1S/C8H12ClN3O/c1-6-4-8(11-10-6)12-2-3-13-7(9)5-12/h4,7H,2-3,5H2,1H3,(H,10,11). The van der Waals surface area contributed by atoms with Crippen molar-refractivity contribution in [2.45, 2.75) is 12.5 Å². The lowest BCUT2D eigenvalue weighted by Crippen LogP contribution is -2.40. The molecule has 0 saturated carbocycles. The van der Waals surface area contributed by atoms with Crippen molar-refractivity contribution >= 4 is 17.4 Å². The normalized spacial score (nSPS) is 23.5. The topological polar surface area (TPSA) is 41.1 Å². The molecule has 1 aromatic rings. The fourth-order valence-corrected chi connectivity index (χ4v) is 1.64. The second-order valence-electron chi connectivity index (χ2n) is 3.14. The van der Waals surface area contributed by atoms with Gasteiger partial charge in [0.2, 0.25) is 0 Å². The Morgan fingerprint density at radius 2 is 2.62 bits per heavy atom. The fraction of sp³-hybridized carbons (Fsp3) is 0.625. The molecule has 1 saturated heterocycles. The summed E-state index contributed by atoms with van der Waals surface area (Å²) in [6.07, 6.45) is 0. The van der Waals surface area contributed by atoms with Gasteiger partial charge in [-0.1, -0.05) is 11.6 Å². The minimum Gasteiger partial charge on any atom is -0.359 e. The van der Waals surface area contributed by atoms with Gasteiger partial charge in [0, 0.05) is 18.3 Å². The summed E-state index contributed by atoms with van der Waals surface area (Å²) in [4.78, 5) is 2.12. The molecule has 0 radical (unpaired) electrons. The molecule has 1 atom stereocenters. The number of halogens is 1. The average molecular weight is 202 g/mol.